The van der Waals surface area contributed by atoms with Gasteiger partial charge in [0.05, 0.1) is 0 Å². The highest BCUT2D eigenvalue weighted by molar-refractivity contribution is 6.02. The molecule has 0 aromatic rings. The Hall–Kier alpha value is -2.09. The molecule has 2 aliphatic carbocycles. The number of allylic oxidation sites excluding steroid dienone is 10. The van der Waals surface area contributed by atoms with E-state index in [1.54, 1.807) is 12.3 Å². The second-order valence-corrected chi connectivity index (χ2v) is 4.53. The van der Waals surface area contributed by atoms with Gasteiger partial charge in [0.2, 0.25) is 5.71 Å². The third-order valence-corrected chi connectivity index (χ3v) is 3.46. The van der Waals surface area contributed by atoms with Crippen molar-refractivity contribution in [2.24, 2.45) is 5.41 Å². The van der Waals surface area contributed by atoms with E-state index in [-0.39, 0.29) is 5.41 Å². The van der Waals surface area contributed by atoms with Crippen LogP contribution >= 0.6 is 0 Å². The Bertz CT molecular complexity index is 570. The number of rotatable bonds is 0. The predicted octanol–water partition coefficient (Wildman–Crippen LogP) is 3.02. The van der Waals surface area contributed by atoms with Crippen molar-refractivity contribution in [1.29, 1.82) is 0 Å². The lowest BCUT2D eigenvalue weighted by atomic mass is 9.67. The molecule has 17 heavy (non-hydrogen) atoms. The van der Waals surface area contributed by atoms with E-state index in [1.807, 2.05) is 30.4 Å². The predicted molar refractivity (Wildman–Crippen MR) is 69.5 cm³/mol. The minimum absolute atomic E-state index is 0.328. The van der Waals surface area contributed by atoms with Gasteiger partial charge >= 0.3 is 0 Å². The average Bonchev–Trinajstić information content (AvgIpc) is 2.45. The van der Waals surface area contributed by atoms with Crippen molar-refractivity contribution >= 4 is 5.71 Å². The topological polar surface area (TPSA) is 26.1 Å². The number of hydrogen-bond donors (Lipinski definition) is 0. The fraction of sp³-hybridized carbons (Fsp3) is 0.133. The third kappa shape index (κ3) is 1.37. The number of hydroxylamine groups is 1. The van der Waals surface area contributed by atoms with Crippen LogP contribution < -0.4 is 0 Å². The molecule has 0 amide bonds. The van der Waals surface area contributed by atoms with Crippen LogP contribution in [-0.4, -0.2) is 10.5 Å². The van der Waals surface area contributed by atoms with Crippen LogP contribution in [-0.2, 0) is 0 Å². The average molecular weight is 223 g/mol. The first-order valence-corrected chi connectivity index (χ1v) is 5.67. The summed E-state index contributed by atoms with van der Waals surface area (Å²) in [5.74, 6) is 0. The molecular weight excluding hydrogens is 210 g/mol. The Labute approximate surface area is 101 Å². The Morgan fingerprint density at radius 1 is 1.18 bits per heavy atom. The number of hydrogen-bond acceptors (Lipinski definition) is 1. The normalized spacial score (nSPS) is 29.9. The van der Waals surface area contributed by atoms with Gasteiger partial charge in [-0.05, 0) is 12.0 Å². The minimum atomic E-state index is -0.328. The van der Waals surface area contributed by atoms with Crippen LogP contribution in [0.2, 0.25) is 0 Å². The van der Waals surface area contributed by atoms with Crippen molar-refractivity contribution in [3.05, 3.63) is 77.7 Å². The van der Waals surface area contributed by atoms with E-state index >= 15 is 0 Å². The maximum absolute atomic E-state index is 12.0. The molecule has 0 aromatic heterocycles. The Kier molecular flexibility index (Phi) is 2.05. The molecule has 1 heterocycles. The van der Waals surface area contributed by atoms with Gasteiger partial charge < -0.3 is 5.21 Å². The summed E-state index contributed by atoms with van der Waals surface area (Å²) in [6.45, 7) is 4.02. The van der Waals surface area contributed by atoms with Crippen molar-refractivity contribution in [2.45, 2.75) is 6.42 Å². The molecular formula is C15H13NO. The highest BCUT2D eigenvalue weighted by Gasteiger charge is 2.43. The summed E-state index contributed by atoms with van der Waals surface area (Å²) in [4.78, 5) is 0. The van der Waals surface area contributed by atoms with Crippen molar-refractivity contribution < 1.29 is 4.74 Å². The van der Waals surface area contributed by atoms with Gasteiger partial charge in [-0.3, -0.25) is 0 Å². The van der Waals surface area contributed by atoms with Gasteiger partial charge in [-0.15, -0.1) is 0 Å². The van der Waals surface area contributed by atoms with Gasteiger partial charge in [0.15, 0.2) is 6.20 Å². The van der Waals surface area contributed by atoms with E-state index in [9.17, 15) is 5.21 Å². The molecule has 0 saturated carbocycles. The standard InChI is InChI=1S/C15H13NO/c1-12-7-8-13-5-4-10-16(17)14-6-2-3-9-15(13,14)11-12/h2-10H,1,11H2. The lowest BCUT2D eigenvalue weighted by Gasteiger charge is -2.34. The van der Waals surface area contributed by atoms with Crippen LogP contribution in [0.15, 0.2) is 72.5 Å². The first-order valence-electron chi connectivity index (χ1n) is 5.67. The van der Waals surface area contributed by atoms with Crippen LogP contribution in [0.25, 0.3) is 0 Å². The summed E-state index contributed by atoms with van der Waals surface area (Å²) in [5, 5.41) is 12.0. The fourth-order valence-corrected chi connectivity index (χ4v) is 2.65. The van der Waals surface area contributed by atoms with E-state index in [2.05, 4.69) is 18.7 Å². The lowest BCUT2D eigenvalue weighted by molar-refractivity contribution is -0.381. The van der Waals surface area contributed by atoms with E-state index in [1.165, 1.54) is 0 Å². The largest absolute Gasteiger partial charge is 0.618 e. The second kappa shape index (κ2) is 3.45. The molecule has 0 saturated heterocycles. The zero-order valence-electron chi connectivity index (χ0n) is 9.47. The smallest absolute Gasteiger partial charge is 0.207 e. The van der Waals surface area contributed by atoms with Crippen molar-refractivity contribution in [3.8, 4) is 0 Å². The van der Waals surface area contributed by atoms with Crippen LogP contribution in [0, 0.1) is 10.6 Å². The van der Waals surface area contributed by atoms with Gasteiger partial charge in [-0.25, -0.2) is 0 Å². The number of nitrogens with zero attached hydrogens (tertiary/aromatic N) is 1. The Morgan fingerprint density at radius 3 is 2.94 bits per heavy atom. The van der Waals surface area contributed by atoms with E-state index in [4.69, 9.17) is 0 Å². The molecule has 0 bridgehead atoms. The molecule has 1 atom stereocenters. The summed E-state index contributed by atoms with van der Waals surface area (Å²) in [5.41, 5.74) is 2.64. The molecule has 2 nitrogen and oxygen atoms in total. The third-order valence-electron chi connectivity index (χ3n) is 3.46. The van der Waals surface area contributed by atoms with E-state index in [0.717, 1.165) is 28.0 Å². The summed E-state index contributed by atoms with van der Waals surface area (Å²) in [7, 11) is 0. The molecule has 0 fully saturated rings. The molecule has 3 rings (SSSR count). The van der Waals surface area contributed by atoms with Crippen LogP contribution in [0.4, 0.5) is 0 Å². The second-order valence-electron chi connectivity index (χ2n) is 4.53. The Morgan fingerprint density at radius 2 is 2.06 bits per heavy atom. The fourth-order valence-electron chi connectivity index (χ4n) is 2.65. The van der Waals surface area contributed by atoms with Crippen LogP contribution in [0.3, 0.4) is 0 Å². The van der Waals surface area contributed by atoms with Gasteiger partial charge in [0.25, 0.3) is 0 Å². The summed E-state index contributed by atoms with van der Waals surface area (Å²) < 4.78 is 0.954. The van der Waals surface area contributed by atoms with Crippen LogP contribution in [0.5, 0.6) is 0 Å². The zero-order chi connectivity index (χ0) is 11.9. The summed E-state index contributed by atoms with van der Waals surface area (Å²) >= 11 is 0. The molecule has 1 spiro atoms. The minimum Gasteiger partial charge on any atom is -0.618 e. The van der Waals surface area contributed by atoms with Crippen molar-refractivity contribution in [2.75, 3.05) is 0 Å². The van der Waals surface area contributed by atoms with Crippen molar-refractivity contribution in [3.63, 3.8) is 0 Å². The highest BCUT2D eigenvalue weighted by atomic mass is 16.5. The molecule has 0 radical (unpaired) electrons. The van der Waals surface area contributed by atoms with Gasteiger partial charge in [0, 0.05) is 12.2 Å². The van der Waals surface area contributed by atoms with Gasteiger partial charge in [-0.1, -0.05) is 48.6 Å². The quantitative estimate of drug-likeness (QED) is 0.458. The SMILES string of the molecule is C=C1C=CC2=CC=C[N+]([O-])=C3C=CC=CC23C1. The first kappa shape index (κ1) is 10.1. The molecule has 0 aromatic carbocycles. The zero-order valence-corrected chi connectivity index (χ0v) is 9.47. The Balaban J connectivity index is 2.29. The molecule has 0 N–H and O–H groups in total. The van der Waals surface area contributed by atoms with Crippen LogP contribution in [0.1, 0.15) is 6.42 Å². The van der Waals surface area contributed by atoms with Gasteiger partial charge in [-0.2, -0.15) is 4.74 Å². The molecule has 3 aliphatic rings. The maximum Gasteiger partial charge on any atom is 0.207 e. The monoisotopic (exact) mass is 223 g/mol. The molecule has 2 heteroatoms. The van der Waals surface area contributed by atoms with E-state index in [0.29, 0.717) is 0 Å². The molecule has 84 valence electrons. The summed E-state index contributed by atoms with van der Waals surface area (Å²) in [6, 6.07) is 0. The molecule has 1 unspecified atom stereocenters. The lowest BCUT2D eigenvalue weighted by Crippen LogP contribution is -2.36. The molecule has 1 aliphatic heterocycles. The summed E-state index contributed by atoms with van der Waals surface area (Å²) in [6.07, 6.45) is 18.1. The van der Waals surface area contributed by atoms with E-state index < -0.39 is 0 Å². The van der Waals surface area contributed by atoms with Crippen molar-refractivity contribution in [1.82, 2.24) is 0 Å². The maximum atomic E-state index is 12.0. The first-order chi connectivity index (χ1) is 8.22. The highest BCUT2D eigenvalue weighted by Crippen LogP contribution is 2.44. The van der Waals surface area contributed by atoms with Gasteiger partial charge in [0.1, 0.15) is 5.41 Å².